The zero-order valence-electron chi connectivity index (χ0n) is 12.9. The monoisotopic (exact) mass is 321 g/mol. The van der Waals surface area contributed by atoms with Gasteiger partial charge in [-0.05, 0) is 41.4 Å². The zero-order valence-corrected chi connectivity index (χ0v) is 12.9. The van der Waals surface area contributed by atoms with Crippen molar-refractivity contribution in [2.75, 3.05) is 0 Å². The Hall–Kier alpha value is -2.96. The van der Waals surface area contributed by atoms with E-state index in [0.717, 1.165) is 23.9 Å². The molecule has 0 aliphatic heterocycles. The van der Waals surface area contributed by atoms with Crippen LogP contribution in [0.1, 0.15) is 31.7 Å². The summed E-state index contributed by atoms with van der Waals surface area (Å²) in [6.07, 6.45) is 6.32. The molecule has 1 aliphatic carbocycles. The van der Waals surface area contributed by atoms with Gasteiger partial charge in [0, 0.05) is 11.8 Å². The highest BCUT2D eigenvalue weighted by atomic mass is 16.6. The summed E-state index contributed by atoms with van der Waals surface area (Å²) in [6.45, 7) is 0. The van der Waals surface area contributed by atoms with Crippen LogP contribution >= 0.6 is 0 Å². The molecule has 0 radical (unpaired) electrons. The summed E-state index contributed by atoms with van der Waals surface area (Å²) in [7, 11) is 0. The van der Waals surface area contributed by atoms with Crippen LogP contribution in [-0.4, -0.2) is 25.1 Å². The molecule has 3 aromatic heterocycles. The highest BCUT2D eigenvalue weighted by molar-refractivity contribution is 5.94. The van der Waals surface area contributed by atoms with Crippen molar-refractivity contribution in [2.24, 2.45) is 0 Å². The Morgan fingerprint density at radius 1 is 1.12 bits per heavy atom. The minimum Gasteiger partial charge on any atom is -0.328 e. The van der Waals surface area contributed by atoms with Crippen molar-refractivity contribution in [3.8, 4) is 11.3 Å². The molecule has 1 fully saturated rings. The van der Waals surface area contributed by atoms with Gasteiger partial charge in [0.15, 0.2) is 0 Å². The standard InChI is InChI=1S/C17H15N5O2/c23-17-15-14(7-8-18-17)22(11-3-1-2-4-11)19-16(15)10-5-6-12-13(9-10)21-24-20-12/h5-9,11H,1-4H2,(H,18,23). The smallest absolute Gasteiger partial charge is 0.259 e. The lowest BCUT2D eigenvalue weighted by atomic mass is 10.1. The normalized spacial score (nSPS) is 15.7. The molecule has 1 N–H and O–H groups in total. The molecule has 4 aromatic rings. The topological polar surface area (TPSA) is 89.6 Å². The average molecular weight is 321 g/mol. The lowest BCUT2D eigenvalue weighted by Gasteiger charge is -2.10. The van der Waals surface area contributed by atoms with Crippen LogP contribution in [-0.2, 0) is 0 Å². The van der Waals surface area contributed by atoms with Gasteiger partial charge in [0.05, 0.1) is 16.9 Å². The molecule has 0 unspecified atom stereocenters. The fourth-order valence-corrected chi connectivity index (χ4v) is 3.66. The second-order valence-electron chi connectivity index (χ2n) is 6.27. The van der Waals surface area contributed by atoms with E-state index >= 15 is 0 Å². The molecule has 1 aliphatic rings. The Labute approximate surface area is 136 Å². The lowest BCUT2D eigenvalue weighted by Crippen LogP contribution is -2.08. The minimum absolute atomic E-state index is 0.120. The number of fused-ring (bicyclic) bond motifs is 2. The van der Waals surface area contributed by atoms with E-state index in [9.17, 15) is 4.79 Å². The summed E-state index contributed by atoms with van der Waals surface area (Å²) in [5.41, 5.74) is 3.64. The Morgan fingerprint density at radius 2 is 1.96 bits per heavy atom. The summed E-state index contributed by atoms with van der Waals surface area (Å²) < 4.78 is 6.79. The van der Waals surface area contributed by atoms with Crippen LogP contribution in [0.2, 0.25) is 0 Å². The summed E-state index contributed by atoms with van der Waals surface area (Å²) in [6, 6.07) is 7.89. The van der Waals surface area contributed by atoms with E-state index in [1.807, 2.05) is 28.9 Å². The van der Waals surface area contributed by atoms with Gasteiger partial charge in [0.1, 0.15) is 16.7 Å². The molecule has 7 heteroatoms. The summed E-state index contributed by atoms with van der Waals surface area (Å²) in [5, 5.41) is 13.1. The quantitative estimate of drug-likeness (QED) is 0.613. The second-order valence-corrected chi connectivity index (χ2v) is 6.27. The first kappa shape index (κ1) is 13.5. The summed E-state index contributed by atoms with van der Waals surface area (Å²) >= 11 is 0. The van der Waals surface area contributed by atoms with Gasteiger partial charge in [0.2, 0.25) is 0 Å². The molecule has 0 spiro atoms. The Bertz CT molecular complexity index is 1100. The van der Waals surface area contributed by atoms with Gasteiger partial charge in [-0.15, -0.1) is 0 Å². The third-order valence-electron chi connectivity index (χ3n) is 4.83. The number of benzene rings is 1. The number of aromatic amines is 1. The van der Waals surface area contributed by atoms with Crippen molar-refractivity contribution in [2.45, 2.75) is 31.7 Å². The second kappa shape index (κ2) is 5.02. The number of nitrogens with zero attached hydrogens (tertiary/aromatic N) is 4. The maximum Gasteiger partial charge on any atom is 0.259 e. The van der Waals surface area contributed by atoms with Crippen molar-refractivity contribution in [1.82, 2.24) is 25.1 Å². The SMILES string of the molecule is O=c1[nH]ccc2c1c(-c1ccc3nonc3c1)nn2C1CCCC1. The van der Waals surface area contributed by atoms with Gasteiger partial charge in [-0.25, -0.2) is 4.63 Å². The number of pyridine rings is 1. The Morgan fingerprint density at radius 3 is 2.83 bits per heavy atom. The van der Waals surface area contributed by atoms with E-state index in [4.69, 9.17) is 9.73 Å². The lowest BCUT2D eigenvalue weighted by molar-refractivity contribution is 0.315. The molecule has 1 aromatic carbocycles. The molecule has 0 bridgehead atoms. The van der Waals surface area contributed by atoms with Crippen LogP contribution in [0, 0.1) is 0 Å². The number of rotatable bonds is 2. The molecular weight excluding hydrogens is 306 g/mol. The van der Waals surface area contributed by atoms with E-state index in [2.05, 4.69) is 15.3 Å². The molecule has 0 amide bonds. The molecular formula is C17H15N5O2. The average Bonchev–Trinajstić information content (AvgIpc) is 3.33. The Balaban J connectivity index is 1.79. The molecule has 0 saturated heterocycles. The van der Waals surface area contributed by atoms with Crippen molar-refractivity contribution < 1.29 is 4.63 Å². The maximum absolute atomic E-state index is 12.5. The third-order valence-corrected chi connectivity index (χ3v) is 4.83. The van der Waals surface area contributed by atoms with Crippen molar-refractivity contribution in [3.05, 3.63) is 40.8 Å². The zero-order chi connectivity index (χ0) is 16.1. The predicted octanol–water partition coefficient (Wildman–Crippen LogP) is 3.04. The third kappa shape index (κ3) is 1.90. The molecule has 3 heterocycles. The van der Waals surface area contributed by atoms with E-state index in [-0.39, 0.29) is 5.56 Å². The van der Waals surface area contributed by atoms with E-state index in [1.165, 1.54) is 12.8 Å². The highest BCUT2D eigenvalue weighted by Crippen LogP contribution is 2.34. The van der Waals surface area contributed by atoms with Crippen molar-refractivity contribution in [1.29, 1.82) is 0 Å². The summed E-state index contributed by atoms with van der Waals surface area (Å²) in [5.74, 6) is 0. The van der Waals surface area contributed by atoms with Crippen LogP contribution in [0.5, 0.6) is 0 Å². The van der Waals surface area contributed by atoms with Crippen LogP contribution < -0.4 is 5.56 Å². The summed E-state index contributed by atoms with van der Waals surface area (Å²) in [4.78, 5) is 15.2. The molecule has 5 rings (SSSR count). The predicted molar refractivity (Wildman–Crippen MR) is 88.7 cm³/mol. The van der Waals surface area contributed by atoms with E-state index in [0.29, 0.717) is 28.2 Å². The van der Waals surface area contributed by atoms with Gasteiger partial charge >= 0.3 is 0 Å². The number of hydrogen-bond acceptors (Lipinski definition) is 5. The minimum atomic E-state index is -0.120. The van der Waals surface area contributed by atoms with Gasteiger partial charge in [0.25, 0.3) is 5.56 Å². The van der Waals surface area contributed by atoms with E-state index < -0.39 is 0 Å². The van der Waals surface area contributed by atoms with Gasteiger partial charge in [-0.3, -0.25) is 9.48 Å². The molecule has 7 nitrogen and oxygen atoms in total. The van der Waals surface area contributed by atoms with Crippen LogP contribution in [0.3, 0.4) is 0 Å². The number of hydrogen-bond donors (Lipinski definition) is 1. The van der Waals surface area contributed by atoms with Crippen LogP contribution in [0.4, 0.5) is 0 Å². The number of aromatic nitrogens is 5. The largest absolute Gasteiger partial charge is 0.328 e. The maximum atomic E-state index is 12.5. The molecule has 0 atom stereocenters. The van der Waals surface area contributed by atoms with Gasteiger partial charge < -0.3 is 4.98 Å². The van der Waals surface area contributed by atoms with Crippen molar-refractivity contribution >= 4 is 21.9 Å². The molecule has 24 heavy (non-hydrogen) atoms. The first-order chi connectivity index (χ1) is 11.8. The van der Waals surface area contributed by atoms with Crippen LogP contribution in [0.25, 0.3) is 33.2 Å². The number of H-pyrrole nitrogens is 1. The fourth-order valence-electron chi connectivity index (χ4n) is 3.66. The van der Waals surface area contributed by atoms with Crippen molar-refractivity contribution in [3.63, 3.8) is 0 Å². The molecule has 1 saturated carbocycles. The number of nitrogens with one attached hydrogen (secondary N) is 1. The first-order valence-electron chi connectivity index (χ1n) is 8.14. The molecule has 120 valence electrons. The first-order valence-corrected chi connectivity index (χ1v) is 8.14. The fraction of sp³-hybridized carbons (Fsp3) is 0.294. The van der Waals surface area contributed by atoms with Crippen LogP contribution in [0.15, 0.2) is 39.9 Å². The Kier molecular flexibility index (Phi) is 2.82. The van der Waals surface area contributed by atoms with Gasteiger partial charge in [-0.2, -0.15) is 5.10 Å². The highest BCUT2D eigenvalue weighted by Gasteiger charge is 2.23. The van der Waals surface area contributed by atoms with Gasteiger partial charge in [-0.1, -0.05) is 18.9 Å². The van der Waals surface area contributed by atoms with E-state index in [1.54, 1.807) is 6.20 Å².